The van der Waals surface area contributed by atoms with E-state index in [0.29, 0.717) is 0 Å². The zero-order valence-electron chi connectivity index (χ0n) is 5.64. The second-order valence-corrected chi connectivity index (χ2v) is 1.92. The van der Waals surface area contributed by atoms with E-state index in [1.165, 1.54) is 0 Å². The minimum atomic E-state index is 0.00542. The van der Waals surface area contributed by atoms with Crippen LogP contribution < -0.4 is 0 Å². The monoisotopic (exact) mass is 126 g/mol. The molecule has 50 valence electrons. The maximum atomic E-state index is 8.08. The lowest BCUT2D eigenvalue weighted by Crippen LogP contribution is -2.09. The molecule has 0 bridgehead atoms. The first-order chi connectivity index (χ1) is 4.16. The van der Waals surface area contributed by atoms with Crippen LogP contribution in [0.15, 0.2) is 0 Å². The van der Waals surface area contributed by atoms with Gasteiger partial charge in [0.05, 0.1) is 12.2 Å². The Morgan fingerprint density at radius 3 is 2.67 bits per heavy atom. The van der Waals surface area contributed by atoms with Gasteiger partial charge in [0.25, 0.3) is 0 Å². The van der Waals surface area contributed by atoms with Gasteiger partial charge in [0.15, 0.2) is 5.90 Å². The van der Waals surface area contributed by atoms with Gasteiger partial charge in [-0.3, -0.25) is 5.41 Å². The largest absolute Gasteiger partial charge is 0.478 e. The molecule has 3 heteroatoms. The van der Waals surface area contributed by atoms with E-state index in [-0.39, 0.29) is 18.4 Å². The number of nitriles is 1. The van der Waals surface area contributed by atoms with E-state index in [9.17, 15) is 0 Å². The second kappa shape index (κ2) is 3.90. The lowest BCUT2D eigenvalue weighted by Gasteiger charge is -2.06. The van der Waals surface area contributed by atoms with Crippen molar-refractivity contribution in [2.75, 3.05) is 0 Å². The van der Waals surface area contributed by atoms with Crippen molar-refractivity contribution in [3.8, 4) is 6.07 Å². The molecule has 0 aliphatic rings. The Labute approximate surface area is 54.8 Å². The van der Waals surface area contributed by atoms with E-state index in [1.54, 1.807) is 0 Å². The summed E-state index contributed by atoms with van der Waals surface area (Å²) in [7, 11) is 0. The van der Waals surface area contributed by atoms with Crippen molar-refractivity contribution in [1.82, 2.24) is 0 Å². The summed E-state index contributed by atoms with van der Waals surface area (Å²) in [5.74, 6) is 0.0486. The zero-order valence-corrected chi connectivity index (χ0v) is 5.64. The number of hydrogen-bond acceptors (Lipinski definition) is 3. The van der Waals surface area contributed by atoms with Gasteiger partial charge in [0.1, 0.15) is 6.42 Å². The predicted octanol–water partition coefficient (Wildman–Crippen LogP) is 1.30. The van der Waals surface area contributed by atoms with E-state index >= 15 is 0 Å². The third-order valence-electron chi connectivity index (χ3n) is 0.618. The topological polar surface area (TPSA) is 56.9 Å². The van der Waals surface area contributed by atoms with Crippen LogP contribution in [-0.2, 0) is 4.74 Å². The van der Waals surface area contributed by atoms with E-state index in [2.05, 4.69) is 0 Å². The summed E-state index contributed by atoms with van der Waals surface area (Å²) >= 11 is 0. The fourth-order valence-corrected chi connectivity index (χ4v) is 0.398. The molecule has 0 atom stereocenters. The van der Waals surface area contributed by atoms with Crippen LogP contribution in [0.3, 0.4) is 0 Å². The molecule has 0 spiro atoms. The Balaban J connectivity index is 3.42. The minimum absolute atomic E-state index is 0.00542. The van der Waals surface area contributed by atoms with Crippen LogP contribution in [0, 0.1) is 16.7 Å². The Hall–Kier alpha value is -1.04. The zero-order chi connectivity index (χ0) is 7.28. The highest BCUT2D eigenvalue weighted by atomic mass is 16.5. The molecule has 0 heterocycles. The number of nitrogens with zero attached hydrogens (tertiary/aromatic N) is 1. The van der Waals surface area contributed by atoms with Gasteiger partial charge in [-0.15, -0.1) is 0 Å². The van der Waals surface area contributed by atoms with Gasteiger partial charge in [0.2, 0.25) is 0 Å². The van der Waals surface area contributed by atoms with Crippen molar-refractivity contribution in [2.24, 2.45) is 0 Å². The van der Waals surface area contributed by atoms with E-state index in [0.717, 1.165) is 0 Å². The molecule has 0 saturated heterocycles. The fraction of sp³-hybridized carbons (Fsp3) is 0.667. The molecule has 3 nitrogen and oxygen atoms in total. The molecule has 9 heavy (non-hydrogen) atoms. The quantitative estimate of drug-likeness (QED) is 0.448. The van der Waals surface area contributed by atoms with Gasteiger partial charge in [-0.1, -0.05) is 0 Å². The van der Waals surface area contributed by atoms with E-state index in [1.807, 2.05) is 19.9 Å². The van der Waals surface area contributed by atoms with Crippen molar-refractivity contribution in [1.29, 1.82) is 10.7 Å². The molecular weight excluding hydrogens is 116 g/mol. The van der Waals surface area contributed by atoms with Crippen molar-refractivity contribution < 1.29 is 4.74 Å². The molecule has 0 amide bonds. The summed E-state index contributed by atoms with van der Waals surface area (Å²) in [4.78, 5) is 0. The van der Waals surface area contributed by atoms with Crippen LogP contribution in [0.5, 0.6) is 0 Å². The molecular formula is C6H10N2O. The highest BCUT2D eigenvalue weighted by Crippen LogP contribution is 1.91. The van der Waals surface area contributed by atoms with Gasteiger partial charge < -0.3 is 4.74 Å². The summed E-state index contributed by atoms with van der Waals surface area (Å²) in [6.45, 7) is 3.65. The van der Waals surface area contributed by atoms with E-state index < -0.39 is 0 Å². The third kappa shape index (κ3) is 4.82. The lowest BCUT2D eigenvalue weighted by molar-refractivity contribution is 0.222. The van der Waals surface area contributed by atoms with Crippen LogP contribution in [-0.4, -0.2) is 12.0 Å². The van der Waals surface area contributed by atoms with Gasteiger partial charge in [-0.05, 0) is 13.8 Å². The first kappa shape index (κ1) is 7.96. The van der Waals surface area contributed by atoms with Crippen LogP contribution in [0.1, 0.15) is 20.3 Å². The first-order valence-corrected chi connectivity index (χ1v) is 2.78. The summed E-state index contributed by atoms with van der Waals surface area (Å²) in [5.41, 5.74) is 0. The molecule has 0 aromatic carbocycles. The number of rotatable bonds is 2. The molecule has 0 aromatic rings. The van der Waals surface area contributed by atoms with Crippen LogP contribution >= 0.6 is 0 Å². The van der Waals surface area contributed by atoms with Gasteiger partial charge in [0, 0.05) is 0 Å². The van der Waals surface area contributed by atoms with Crippen molar-refractivity contribution in [2.45, 2.75) is 26.4 Å². The van der Waals surface area contributed by atoms with Crippen LogP contribution in [0.25, 0.3) is 0 Å². The van der Waals surface area contributed by atoms with Crippen LogP contribution in [0.2, 0.25) is 0 Å². The Morgan fingerprint density at radius 1 is 1.78 bits per heavy atom. The summed E-state index contributed by atoms with van der Waals surface area (Å²) in [6.07, 6.45) is 0.0731. The highest BCUT2D eigenvalue weighted by Gasteiger charge is 1.97. The molecule has 0 aliphatic carbocycles. The molecule has 0 radical (unpaired) electrons. The van der Waals surface area contributed by atoms with Crippen LogP contribution in [0.4, 0.5) is 0 Å². The standard InChI is InChI=1S/C6H10N2O/c1-5(2)9-6(8)3-4-7/h5,8H,3H2,1-2H3. The Bertz CT molecular complexity index is 134. The molecule has 0 saturated carbocycles. The summed E-state index contributed by atoms with van der Waals surface area (Å²) < 4.78 is 4.85. The van der Waals surface area contributed by atoms with Gasteiger partial charge in [-0.25, -0.2) is 0 Å². The lowest BCUT2D eigenvalue weighted by atomic mass is 10.4. The van der Waals surface area contributed by atoms with E-state index in [4.69, 9.17) is 15.4 Å². The summed E-state index contributed by atoms with van der Waals surface area (Å²) in [5, 5.41) is 15.1. The molecule has 0 aliphatic heterocycles. The normalized spacial score (nSPS) is 8.67. The SMILES string of the molecule is CC(C)OC(=N)CC#N. The number of nitrogens with one attached hydrogen (secondary N) is 1. The van der Waals surface area contributed by atoms with Crippen molar-refractivity contribution in [3.05, 3.63) is 0 Å². The molecule has 0 unspecified atom stereocenters. The summed E-state index contributed by atoms with van der Waals surface area (Å²) in [6, 6.07) is 1.82. The Morgan fingerprint density at radius 2 is 2.33 bits per heavy atom. The maximum Gasteiger partial charge on any atom is 0.195 e. The molecule has 0 aromatic heterocycles. The number of hydrogen-bond donors (Lipinski definition) is 1. The molecule has 0 fully saturated rings. The average molecular weight is 126 g/mol. The van der Waals surface area contributed by atoms with Gasteiger partial charge in [-0.2, -0.15) is 5.26 Å². The first-order valence-electron chi connectivity index (χ1n) is 2.78. The predicted molar refractivity (Wildman–Crippen MR) is 34.2 cm³/mol. The third-order valence-corrected chi connectivity index (χ3v) is 0.618. The Kier molecular flexibility index (Phi) is 3.45. The minimum Gasteiger partial charge on any atom is -0.478 e. The van der Waals surface area contributed by atoms with Crippen molar-refractivity contribution in [3.63, 3.8) is 0 Å². The van der Waals surface area contributed by atoms with Crippen molar-refractivity contribution >= 4 is 5.90 Å². The van der Waals surface area contributed by atoms with Gasteiger partial charge >= 0.3 is 0 Å². The average Bonchev–Trinajstić information content (AvgIpc) is 1.63. The number of ether oxygens (including phenoxy) is 1. The molecule has 0 rings (SSSR count). The fourth-order valence-electron chi connectivity index (χ4n) is 0.398. The smallest absolute Gasteiger partial charge is 0.195 e. The highest BCUT2D eigenvalue weighted by molar-refractivity contribution is 5.74. The maximum absolute atomic E-state index is 8.08. The second-order valence-electron chi connectivity index (χ2n) is 1.92. The molecule has 1 N–H and O–H groups in total.